The van der Waals surface area contributed by atoms with Crippen molar-refractivity contribution in [3.8, 4) is 0 Å². The van der Waals surface area contributed by atoms with Crippen LogP contribution < -0.4 is 0 Å². The van der Waals surface area contributed by atoms with Crippen molar-refractivity contribution in [3.63, 3.8) is 0 Å². The summed E-state index contributed by atoms with van der Waals surface area (Å²) in [6.45, 7) is -0.383. The normalized spacial score (nSPS) is 17.9. The Hall–Kier alpha value is -1.70. The second-order valence-corrected chi connectivity index (χ2v) is 9.26. The van der Waals surface area contributed by atoms with E-state index in [0.717, 1.165) is 17.0 Å². The van der Waals surface area contributed by atoms with E-state index in [4.69, 9.17) is 23.2 Å². The molecule has 0 spiro atoms. The highest BCUT2D eigenvalue weighted by Crippen LogP contribution is 2.34. The minimum Gasteiger partial charge on any atom is -0.336 e. The highest BCUT2D eigenvalue weighted by atomic mass is 35.5. The molecule has 1 saturated heterocycles. The monoisotopic (exact) mass is 433 g/mol. The van der Waals surface area contributed by atoms with Gasteiger partial charge in [0.1, 0.15) is 0 Å². The summed E-state index contributed by atoms with van der Waals surface area (Å²) in [6.07, 6.45) is 0.0655. The van der Waals surface area contributed by atoms with Gasteiger partial charge < -0.3 is 4.90 Å². The van der Waals surface area contributed by atoms with E-state index < -0.39 is 32.5 Å². The number of hydrogen-bond donors (Lipinski definition) is 0. The Morgan fingerprint density at radius 2 is 1.70 bits per heavy atom. The molecule has 0 radical (unpaired) electrons. The summed E-state index contributed by atoms with van der Waals surface area (Å²) in [5, 5.41) is -0.648. The van der Waals surface area contributed by atoms with Crippen LogP contribution in [-0.4, -0.2) is 37.6 Å². The number of amides is 1. The molecule has 0 N–H and O–H groups in total. The quantitative estimate of drug-likeness (QED) is 0.727. The van der Waals surface area contributed by atoms with Gasteiger partial charge >= 0.3 is 5.92 Å². The molecule has 1 aliphatic heterocycles. The van der Waals surface area contributed by atoms with Crippen LogP contribution in [0.4, 0.5) is 8.78 Å². The van der Waals surface area contributed by atoms with Crippen molar-refractivity contribution in [2.75, 3.05) is 13.1 Å². The van der Waals surface area contributed by atoms with Gasteiger partial charge in [-0.3, -0.25) is 4.79 Å². The van der Waals surface area contributed by atoms with Crippen molar-refractivity contribution >= 4 is 38.9 Å². The summed E-state index contributed by atoms with van der Waals surface area (Å²) in [5.74, 6) is -5.20. The van der Waals surface area contributed by atoms with Crippen molar-refractivity contribution < 1.29 is 22.0 Å². The van der Waals surface area contributed by atoms with Gasteiger partial charge in [-0.1, -0.05) is 47.5 Å². The van der Waals surface area contributed by atoms with Crippen LogP contribution in [0, 0.1) is 0 Å². The average molecular weight is 434 g/mol. The fourth-order valence-corrected chi connectivity index (χ4v) is 5.35. The number of rotatable bonds is 4. The summed E-state index contributed by atoms with van der Waals surface area (Å²) in [5.41, 5.74) is -0.491. The predicted octanol–water partition coefficient (Wildman–Crippen LogP) is 4.16. The van der Waals surface area contributed by atoms with E-state index in [2.05, 4.69) is 0 Å². The first-order chi connectivity index (χ1) is 12.6. The van der Waals surface area contributed by atoms with Crippen molar-refractivity contribution in [1.29, 1.82) is 0 Å². The van der Waals surface area contributed by atoms with E-state index in [1.54, 1.807) is 6.07 Å². The minimum atomic E-state index is -3.84. The first kappa shape index (κ1) is 20.0. The minimum absolute atomic E-state index is 0.0598. The molecular formula is C18H15Cl2F2NO3S. The first-order valence-corrected chi connectivity index (χ1v) is 10.4. The lowest BCUT2D eigenvalue weighted by Crippen LogP contribution is -2.41. The smallest absolute Gasteiger partial charge is 0.336 e. The Morgan fingerprint density at radius 3 is 2.33 bits per heavy atom. The molecule has 1 unspecified atom stereocenters. The molecule has 1 aliphatic rings. The largest absolute Gasteiger partial charge is 0.349 e. The van der Waals surface area contributed by atoms with Gasteiger partial charge in [-0.15, -0.1) is 0 Å². The topological polar surface area (TPSA) is 54.5 Å². The third-order valence-electron chi connectivity index (χ3n) is 4.49. The molecule has 1 fully saturated rings. The number of halogens is 4. The zero-order valence-corrected chi connectivity index (χ0v) is 16.2. The first-order valence-electron chi connectivity index (χ1n) is 8.05. The molecule has 2 aromatic carbocycles. The van der Waals surface area contributed by atoms with E-state index in [1.165, 1.54) is 30.3 Å². The standard InChI is InChI=1S/C18H15Cl2F2NO3S/c19-13-7-5-12(6-8-13)18(21,22)17(24)23-10-9-14(11-23)27(25,26)16-4-2-1-3-15(16)20/h1-8,14H,9-11H2. The molecule has 0 bridgehead atoms. The predicted molar refractivity (Wildman–Crippen MR) is 99.0 cm³/mol. The lowest BCUT2D eigenvalue weighted by molar-refractivity contribution is -0.157. The molecule has 2 aromatic rings. The third kappa shape index (κ3) is 3.81. The van der Waals surface area contributed by atoms with Crippen molar-refractivity contribution in [1.82, 2.24) is 4.90 Å². The molecule has 1 amide bonds. The molecule has 1 atom stereocenters. The molecule has 1 heterocycles. The summed E-state index contributed by atoms with van der Waals surface area (Å²) in [6, 6.07) is 10.6. The van der Waals surface area contributed by atoms with Crippen molar-refractivity contribution in [2.45, 2.75) is 22.5 Å². The Labute approximate surface area is 165 Å². The van der Waals surface area contributed by atoms with Gasteiger partial charge in [0.15, 0.2) is 9.84 Å². The number of alkyl halides is 2. The Morgan fingerprint density at radius 1 is 1.07 bits per heavy atom. The Bertz CT molecular complexity index is 965. The van der Waals surface area contributed by atoms with Gasteiger partial charge in [-0.05, 0) is 30.7 Å². The maximum absolute atomic E-state index is 14.5. The molecule has 0 saturated carbocycles. The van der Waals surface area contributed by atoms with Gasteiger partial charge in [-0.25, -0.2) is 8.42 Å². The van der Waals surface area contributed by atoms with E-state index in [9.17, 15) is 22.0 Å². The van der Waals surface area contributed by atoms with Crippen LogP contribution >= 0.6 is 23.2 Å². The van der Waals surface area contributed by atoms with Gasteiger partial charge in [0.2, 0.25) is 0 Å². The Balaban J connectivity index is 1.80. The average Bonchev–Trinajstić information content (AvgIpc) is 3.12. The van der Waals surface area contributed by atoms with Crippen LogP contribution in [0.5, 0.6) is 0 Å². The molecule has 0 aliphatic carbocycles. The van der Waals surface area contributed by atoms with Crippen molar-refractivity contribution in [3.05, 3.63) is 64.1 Å². The zero-order valence-electron chi connectivity index (χ0n) is 13.9. The SMILES string of the molecule is O=C(N1CCC(S(=O)(=O)c2ccccc2Cl)C1)C(F)(F)c1ccc(Cl)cc1. The Kier molecular flexibility index (Phi) is 5.47. The van der Waals surface area contributed by atoms with Crippen LogP contribution in [0.15, 0.2) is 53.4 Å². The van der Waals surface area contributed by atoms with Gasteiger partial charge in [0, 0.05) is 23.7 Å². The lowest BCUT2D eigenvalue weighted by Gasteiger charge is -2.23. The number of carbonyl (C=O) groups excluding carboxylic acids is 1. The van der Waals surface area contributed by atoms with Gasteiger partial charge in [0.05, 0.1) is 15.2 Å². The number of hydrogen-bond acceptors (Lipinski definition) is 3. The number of sulfone groups is 1. The molecule has 27 heavy (non-hydrogen) atoms. The molecular weight excluding hydrogens is 419 g/mol. The van der Waals surface area contributed by atoms with E-state index in [1.807, 2.05) is 0 Å². The highest BCUT2D eigenvalue weighted by Gasteiger charge is 2.47. The highest BCUT2D eigenvalue weighted by molar-refractivity contribution is 7.92. The summed E-state index contributed by atoms with van der Waals surface area (Å²) < 4.78 is 54.6. The molecule has 4 nitrogen and oxygen atoms in total. The van der Waals surface area contributed by atoms with Crippen LogP contribution in [0.3, 0.4) is 0 Å². The van der Waals surface area contributed by atoms with E-state index in [-0.39, 0.29) is 34.5 Å². The lowest BCUT2D eigenvalue weighted by atomic mass is 10.1. The van der Waals surface area contributed by atoms with Crippen LogP contribution in [-0.2, 0) is 20.6 Å². The summed E-state index contributed by atoms with van der Waals surface area (Å²) in [7, 11) is -3.84. The second-order valence-electron chi connectivity index (χ2n) is 6.22. The third-order valence-corrected chi connectivity index (χ3v) is 7.41. The molecule has 3 rings (SSSR count). The van der Waals surface area contributed by atoms with Gasteiger partial charge in [0.25, 0.3) is 5.91 Å². The number of nitrogens with zero attached hydrogens (tertiary/aromatic N) is 1. The van der Waals surface area contributed by atoms with Crippen LogP contribution in [0.1, 0.15) is 12.0 Å². The van der Waals surface area contributed by atoms with Crippen LogP contribution in [0.25, 0.3) is 0 Å². The molecule has 144 valence electrons. The fourth-order valence-electron chi connectivity index (χ4n) is 3.00. The maximum Gasteiger partial charge on any atom is 0.349 e. The summed E-state index contributed by atoms with van der Waals surface area (Å²) in [4.78, 5) is 13.2. The second kappa shape index (κ2) is 7.37. The zero-order chi connectivity index (χ0) is 19.8. The van der Waals surface area contributed by atoms with Gasteiger partial charge in [-0.2, -0.15) is 8.78 Å². The number of carbonyl (C=O) groups is 1. The number of likely N-dealkylation sites (tertiary alicyclic amines) is 1. The fraction of sp³-hybridized carbons (Fsp3) is 0.278. The number of benzene rings is 2. The molecule has 9 heteroatoms. The maximum atomic E-state index is 14.5. The molecule has 0 aromatic heterocycles. The van der Waals surface area contributed by atoms with Crippen molar-refractivity contribution in [2.24, 2.45) is 0 Å². The van der Waals surface area contributed by atoms with E-state index >= 15 is 0 Å². The van der Waals surface area contributed by atoms with E-state index in [0.29, 0.717) is 0 Å². The van der Waals surface area contributed by atoms with Crippen LogP contribution in [0.2, 0.25) is 10.0 Å². The summed E-state index contributed by atoms with van der Waals surface area (Å²) >= 11 is 11.7.